The number of nitrogens with zero attached hydrogens (tertiary/aromatic N) is 2. The van der Waals surface area contributed by atoms with Gasteiger partial charge >= 0.3 is 5.97 Å². The van der Waals surface area contributed by atoms with E-state index in [4.69, 9.17) is 4.74 Å². The molecule has 1 unspecified atom stereocenters. The summed E-state index contributed by atoms with van der Waals surface area (Å²) in [7, 11) is 0. The maximum absolute atomic E-state index is 13.2. The fraction of sp³-hybridized carbons (Fsp3) is 0.200. The molecule has 1 aliphatic rings. The topological polar surface area (TPSA) is 121 Å². The Morgan fingerprint density at radius 2 is 1.85 bits per heavy atom. The van der Waals surface area contributed by atoms with Gasteiger partial charge in [-0.25, -0.2) is 4.98 Å². The molecule has 2 heterocycles. The highest BCUT2D eigenvalue weighted by Crippen LogP contribution is 2.37. The number of carboxylic acid groups (broad SMARTS) is 1. The van der Waals surface area contributed by atoms with Crippen LogP contribution in [0.1, 0.15) is 23.2 Å². The van der Waals surface area contributed by atoms with Gasteiger partial charge in [-0.1, -0.05) is 24.3 Å². The number of nitrogens with one attached hydrogen (secondary N) is 2. The highest BCUT2D eigenvalue weighted by molar-refractivity contribution is 6.07. The maximum atomic E-state index is 13.2. The number of hydrogen-bond acceptors (Lipinski definition) is 6. The van der Waals surface area contributed by atoms with Crippen molar-refractivity contribution in [2.75, 3.05) is 28.6 Å². The summed E-state index contributed by atoms with van der Waals surface area (Å²) in [4.78, 5) is 42.5. The van der Waals surface area contributed by atoms with Crippen LogP contribution in [0.25, 0.3) is 0 Å². The largest absolute Gasteiger partial charge is 0.486 e. The van der Waals surface area contributed by atoms with Gasteiger partial charge in [0.25, 0.3) is 5.91 Å². The zero-order valence-electron chi connectivity index (χ0n) is 18.3. The SMILES string of the molecule is O=C(O)CC1CN(C(=O)c2ccccc2)c2cc(NC(=O)CCNc3ccccn3)ccc2O1. The monoisotopic (exact) mass is 460 g/mol. The summed E-state index contributed by atoms with van der Waals surface area (Å²) in [6.45, 7) is 0.491. The quantitative estimate of drug-likeness (QED) is 0.471. The van der Waals surface area contributed by atoms with E-state index in [-0.39, 0.29) is 31.2 Å². The van der Waals surface area contributed by atoms with E-state index >= 15 is 0 Å². The highest BCUT2D eigenvalue weighted by Gasteiger charge is 2.32. The number of aromatic nitrogens is 1. The second kappa shape index (κ2) is 10.5. The number of anilines is 3. The zero-order valence-corrected chi connectivity index (χ0v) is 18.3. The Labute approximate surface area is 196 Å². The molecule has 0 radical (unpaired) electrons. The Morgan fingerprint density at radius 3 is 2.59 bits per heavy atom. The number of carbonyl (C=O) groups excluding carboxylic acids is 2. The van der Waals surface area contributed by atoms with Gasteiger partial charge in [0.05, 0.1) is 18.7 Å². The molecule has 0 aliphatic carbocycles. The zero-order chi connectivity index (χ0) is 23.9. The molecule has 1 aromatic heterocycles. The number of benzene rings is 2. The van der Waals surface area contributed by atoms with Crippen molar-refractivity contribution in [3.63, 3.8) is 0 Å². The summed E-state index contributed by atoms with van der Waals surface area (Å²) >= 11 is 0. The Morgan fingerprint density at radius 1 is 1.06 bits per heavy atom. The number of hydrogen-bond donors (Lipinski definition) is 3. The molecule has 3 aromatic rings. The predicted molar refractivity (Wildman–Crippen MR) is 127 cm³/mol. The minimum absolute atomic E-state index is 0.0818. The van der Waals surface area contributed by atoms with Crippen molar-refractivity contribution < 1.29 is 24.2 Å². The van der Waals surface area contributed by atoms with E-state index in [9.17, 15) is 19.5 Å². The third-order valence-corrected chi connectivity index (χ3v) is 5.20. The van der Waals surface area contributed by atoms with Gasteiger partial charge in [0, 0.05) is 30.4 Å². The van der Waals surface area contributed by atoms with E-state index in [1.165, 1.54) is 4.90 Å². The van der Waals surface area contributed by atoms with E-state index in [2.05, 4.69) is 15.6 Å². The van der Waals surface area contributed by atoms with Gasteiger partial charge < -0.3 is 25.4 Å². The van der Waals surface area contributed by atoms with Crippen molar-refractivity contribution in [1.82, 2.24) is 4.98 Å². The van der Waals surface area contributed by atoms with E-state index in [1.54, 1.807) is 48.7 Å². The summed E-state index contributed by atoms with van der Waals surface area (Å²) in [6, 6.07) is 19.2. The van der Waals surface area contributed by atoms with Crippen LogP contribution < -0.4 is 20.3 Å². The van der Waals surface area contributed by atoms with Crippen LogP contribution in [-0.4, -0.2) is 47.1 Å². The molecule has 2 amide bonds. The van der Waals surface area contributed by atoms with Gasteiger partial charge in [-0.15, -0.1) is 0 Å². The third kappa shape index (κ3) is 5.69. The number of amides is 2. The summed E-state index contributed by atoms with van der Waals surface area (Å²) in [5.74, 6) is -0.416. The lowest BCUT2D eigenvalue weighted by Crippen LogP contribution is -2.44. The van der Waals surface area contributed by atoms with E-state index in [1.807, 2.05) is 24.3 Å². The van der Waals surface area contributed by atoms with Gasteiger partial charge in [-0.05, 0) is 42.5 Å². The minimum atomic E-state index is -1.01. The number of carbonyl (C=O) groups is 3. The Hall–Kier alpha value is -4.40. The molecular formula is C25H24N4O5. The molecule has 3 N–H and O–H groups in total. The standard InChI is InChI=1S/C25H24N4O5/c30-23(11-13-27-22-8-4-5-12-26-22)28-18-9-10-21-20(14-18)29(16-19(34-21)15-24(31)32)25(33)17-6-2-1-3-7-17/h1-10,12,14,19H,11,13,15-16H2,(H,26,27)(H,28,30)(H,31,32). The van der Waals surface area contributed by atoms with Crippen LogP contribution in [0.5, 0.6) is 5.75 Å². The summed E-state index contributed by atoms with van der Waals surface area (Å²) in [6.07, 6.45) is 0.967. The highest BCUT2D eigenvalue weighted by atomic mass is 16.5. The first-order chi connectivity index (χ1) is 16.5. The summed E-state index contributed by atoms with van der Waals surface area (Å²) in [5.41, 5.74) is 1.45. The molecule has 1 atom stereocenters. The maximum Gasteiger partial charge on any atom is 0.307 e. The molecular weight excluding hydrogens is 436 g/mol. The first-order valence-electron chi connectivity index (χ1n) is 10.8. The molecule has 2 aromatic carbocycles. The van der Waals surface area contributed by atoms with Crippen LogP contribution in [0.2, 0.25) is 0 Å². The lowest BCUT2D eigenvalue weighted by atomic mass is 10.1. The summed E-state index contributed by atoms with van der Waals surface area (Å²) in [5, 5.41) is 15.1. The van der Waals surface area contributed by atoms with Crippen LogP contribution in [0.4, 0.5) is 17.2 Å². The van der Waals surface area contributed by atoms with Gasteiger partial charge in [0.1, 0.15) is 17.7 Å². The molecule has 34 heavy (non-hydrogen) atoms. The normalized spacial score (nSPS) is 14.5. The van der Waals surface area contributed by atoms with Gasteiger partial charge in [0.15, 0.2) is 0 Å². The molecule has 0 saturated heterocycles. The van der Waals surface area contributed by atoms with Crippen molar-refractivity contribution in [2.24, 2.45) is 0 Å². The number of aliphatic carboxylic acids is 1. The first kappa shape index (κ1) is 22.8. The van der Waals surface area contributed by atoms with Crippen LogP contribution in [0.3, 0.4) is 0 Å². The molecule has 0 fully saturated rings. The summed E-state index contributed by atoms with van der Waals surface area (Å²) < 4.78 is 5.83. The number of fused-ring (bicyclic) bond motifs is 1. The molecule has 174 valence electrons. The van der Waals surface area contributed by atoms with Gasteiger partial charge in [0.2, 0.25) is 5.91 Å². The average Bonchev–Trinajstić information content (AvgIpc) is 2.84. The fourth-order valence-electron chi connectivity index (χ4n) is 3.65. The van der Waals surface area contributed by atoms with Crippen LogP contribution >= 0.6 is 0 Å². The van der Waals surface area contributed by atoms with Crippen molar-refractivity contribution >= 4 is 35.0 Å². The average molecular weight is 460 g/mol. The van der Waals surface area contributed by atoms with Crippen LogP contribution in [0, 0.1) is 0 Å². The second-order valence-electron chi connectivity index (χ2n) is 7.74. The number of ether oxygens (including phenoxy) is 1. The Bertz CT molecular complexity index is 1170. The van der Waals surface area contributed by atoms with Crippen LogP contribution in [0.15, 0.2) is 72.9 Å². The molecule has 9 nitrogen and oxygen atoms in total. The Balaban J connectivity index is 1.49. The van der Waals surface area contributed by atoms with Crippen LogP contribution in [-0.2, 0) is 9.59 Å². The molecule has 1 aliphatic heterocycles. The second-order valence-corrected chi connectivity index (χ2v) is 7.74. The minimum Gasteiger partial charge on any atom is -0.486 e. The van der Waals surface area contributed by atoms with Gasteiger partial charge in [-0.2, -0.15) is 0 Å². The fourth-order valence-corrected chi connectivity index (χ4v) is 3.65. The number of pyridine rings is 1. The first-order valence-corrected chi connectivity index (χ1v) is 10.8. The molecule has 0 saturated carbocycles. The van der Waals surface area contributed by atoms with Crippen molar-refractivity contribution in [3.8, 4) is 5.75 Å². The number of carboxylic acids is 1. The van der Waals surface area contributed by atoms with Crippen molar-refractivity contribution in [2.45, 2.75) is 18.9 Å². The predicted octanol–water partition coefficient (Wildman–Crippen LogP) is 3.40. The van der Waals surface area contributed by atoms with E-state index in [0.29, 0.717) is 35.1 Å². The molecule has 0 bridgehead atoms. The molecule has 0 spiro atoms. The van der Waals surface area contributed by atoms with Crippen molar-refractivity contribution in [1.29, 1.82) is 0 Å². The van der Waals surface area contributed by atoms with E-state index in [0.717, 1.165) is 0 Å². The van der Waals surface area contributed by atoms with Gasteiger partial charge in [-0.3, -0.25) is 14.4 Å². The third-order valence-electron chi connectivity index (χ3n) is 5.20. The smallest absolute Gasteiger partial charge is 0.307 e. The number of rotatable bonds is 8. The Kier molecular flexibility index (Phi) is 7.02. The lowest BCUT2D eigenvalue weighted by Gasteiger charge is -2.34. The van der Waals surface area contributed by atoms with Crippen molar-refractivity contribution in [3.05, 3.63) is 78.5 Å². The van der Waals surface area contributed by atoms with E-state index < -0.39 is 12.1 Å². The molecule has 9 heteroatoms. The lowest BCUT2D eigenvalue weighted by molar-refractivity contribution is -0.138. The molecule has 4 rings (SSSR count).